The second-order valence-electron chi connectivity index (χ2n) is 8.44. The molecule has 1 aromatic heterocycles. The van der Waals surface area contributed by atoms with Gasteiger partial charge in [0, 0.05) is 12.1 Å². The predicted molar refractivity (Wildman–Crippen MR) is 107 cm³/mol. The molecule has 2 amide bonds. The van der Waals surface area contributed by atoms with Crippen molar-refractivity contribution in [1.82, 2.24) is 10.2 Å². The monoisotopic (exact) mass is 380 g/mol. The summed E-state index contributed by atoms with van der Waals surface area (Å²) >= 11 is 0. The van der Waals surface area contributed by atoms with Crippen molar-refractivity contribution in [1.29, 1.82) is 0 Å². The number of carbonyl (C=O) groups excluding carboxylic acids is 2. The summed E-state index contributed by atoms with van der Waals surface area (Å²) in [6.07, 6.45) is 5.36. The van der Waals surface area contributed by atoms with E-state index < -0.39 is 5.54 Å². The Morgan fingerprint density at radius 1 is 1.21 bits per heavy atom. The summed E-state index contributed by atoms with van der Waals surface area (Å²) < 4.78 is 5.56. The van der Waals surface area contributed by atoms with Crippen molar-refractivity contribution in [2.45, 2.75) is 57.5 Å². The summed E-state index contributed by atoms with van der Waals surface area (Å²) in [5.41, 5.74) is 1.02. The molecule has 148 valence electrons. The van der Waals surface area contributed by atoms with Crippen molar-refractivity contribution in [3.05, 3.63) is 59.5 Å². The lowest BCUT2D eigenvalue weighted by Crippen LogP contribution is -2.60. The smallest absolute Gasteiger partial charge is 0.255 e. The Bertz CT molecular complexity index is 850. The van der Waals surface area contributed by atoms with Crippen molar-refractivity contribution in [2.24, 2.45) is 5.92 Å². The minimum atomic E-state index is -0.487. The van der Waals surface area contributed by atoms with Gasteiger partial charge in [0.05, 0.1) is 24.3 Å². The number of nitrogens with zero attached hydrogens (tertiary/aromatic N) is 1. The van der Waals surface area contributed by atoms with E-state index in [4.69, 9.17) is 4.42 Å². The lowest BCUT2D eigenvalue weighted by atomic mass is 9.71. The normalized spacial score (nSPS) is 20.6. The Labute approximate surface area is 166 Å². The molecular formula is C23H28N2O3. The van der Waals surface area contributed by atoms with Gasteiger partial charge in [0.1, 0.15) is 5.76 Å². The van der Waals surface area contributed by atoms with Crippen molar-refractivity contribution < 1.29 is 14.0 Å². The second kappa shape index (κ2) is 7.46. The van der Waals surface area contributed by atoms with E-state index >= 15 is 0 Å². The number of fused-ring (bicyclic) bond motifs is 1. The van der Waals surface area contributed by atoms with E-state index in [1.807, 2.05) is 41.3 Å². The SMILES string of the molecule is CC(C)CNC(=O)C1c2ccccc2C(=O)N(Cc2ccco2)C12CCCC2. The number of rotatable bonds is 5. The number of hydrogen-bond donors (Lipinski definition) is 1. The van der Waals surface area contributed by atoms with Crippen LogP contribution in [0.25, 0.3) is 0 Å². The molecule has 5 heteroatoms. The number of amides is 2. The molecule has 1 fully saturated rings. The minimum Gasteiger partial charge on any atom is -0.467 e. The lowest BCUT2D eigenvalue weighted by Gasteiger charge is -2.49. The molecule has 1 aliphatic heterocycles. The highest BCUT2D eigenvalue weighted by molar-refractivity contribution is 6.02. The summed E-state index contributed by atoms with van der Waals surface area (Å²) in [6, 6.07) is 11.3. The van der Waals surface area contributed by atoms with Crippen molar-refractivity contribution in [2.75, 3.05) is 6.54 Å². The van der Waals surface area contributed by atoms with Gasteiger partial charge in [0.25, 0.3) is 5.91 Å². The highest BCUT2D eigenvalue weighted by Crippen LogP contribution is 2.50. The molecule has 1 atom stereocenters. The summed E-state index contributed by atoms with van der Waals surface area (Å²) in [6.45, 7) is 5.22. The molecule has 5 nitrogen and oxygen atoms in total. The van der Waals surface area contributed by atoms with Gasteiger partial charge in [0.15, 0.2) is 0 Å². The molecule has 2 aromatic rings. The van der Waals surface area contributed by atoms with Crippen LogP contribution in [0.4, 0.5) is 0 Å². The zero-order valence-corrected chi connectivity index (χ0v) is 16.6. The minimum absolute atomic E-state index is 0.00168. The Morgan fingerprint density at radius 3 is 2.64 bits per heavy atom. The van der Waals surface area contributed by atoms with Crippen molar-refractivity contribution in [3.63, 3.8) is 0 Å². The van der Waals surface area contributed by atoms with Gasteiger partial charge in [-0.3, -0.25) is 9.59 Å². The molecule has 1 saturated carbocycles. The van der Waals surface area contributed by atoms with Crippen molar-refractivity contribution in [3.8, 4) is 0 Å². The third kappa shape index (κ3) is 3.13. The molecule has 2 heterocycles. The van der Waals surface area contributed by atoms with Gasteiger partial charge in [-0.05, 0) is 42.5 Å². The van der Waals surface area contributed by atoms with Crippen LogP contribution in [0, 0.1) is 5.92 Å². The van der Waals surface area contributed by atoms with E-state index in [9.17, 15) is 9.59 Å². The van der Waals surface area contributed by atoms with E-state index in [0.717, 1.165) is 37.0 Å². The maximum Gasteiger partial charge on any atom is 0.255 e. The van der Waals surface area contributed by atoms with Crippen LogP contribution in [0.1, 0.15) is 67.1 Å². The first-order valence-corrected chi connectivity index (χ1v) is 10.2. The molecular weight excluding hydrogens is 352 g/mol. The number of furan rings is 1. The van der Waals surface area contributed by atoms with Crippen molar-refractivity contribution >= 4 is 11.8 Å². The summed E-state index contributed by atoms with van der Waals surface area (Å²) in [5, 5.41) is 3.14. The number of nitrogens with one attached hydrogen (secondary N) is 1. The Kier molecular flexibility index (Phi) is 5.00. The van der Waals surface area contributed by atoms with Gasteiger partial charge < -0.3 is 14.6 Å². The number of carbonyl (C=O) groups is 2. The molecule has 0 saturated heterocycles. The Hall–Kier alpha value is -2.56. The fourth-order valence-electron chi connectivity index (χ4n) is 4.86. The largest absolute Gasteiger partial charge is 0.467 e. The van der Waals surface area contributed by atoms with Crippen LogP contribution >= 0.6 is 0 Å². The zero-order chi connectivity index (χ0) is 19.7. The summed E-state index contributed by atoms with van der Waals surface area (Å²) in [5.74, 6) is 0.808. The van der Waals surface area contributed by atoms with E-state index in [1.165, 1.54) is 0 Å². The molecule has 1 spiro atoms. The van der Waals surface area contributed by atoms with E-state index in [1.54, 1.807) is 6.26 Å². The molecule has 4 rings (SSSR count). The molecule has 0 bridgehead atoms. The van der Waals surface area contributed by atoms with Gasteiger partial charge >= 0.3 is 0 Å². The fraction of sp³-hybridized carbons (Fsp3) is 0.478. The van der Waals surface area contributed by atoms with Crippen LogP contribution in [0.3, 0.4) is 0 Å². The quantitative estimate of drug-likeness (QED) is 0.849. The molecule has 2 aliphatic rings. The molecule has 0 radical (unpaired) electrons. The highest BCUT2D eigenvalue weighted by Gasteiger charge is 2.55. The first-order chi connectivity index (χ1) is 13.5. The average Bonchev–Trinajstić information content (AvgIpc) is 3.36. The van der Waals surface area contributed by atoms with Gasteiger partial charge in [-0.1, -0.05) is 44.9 Å². The standard InChI is InChI=1S/C23H28N2O3/c1-16(2)14-24-21(26)20-18-9-3-4-10-19(18)22(27)25(15-17-8-7-13-28-17)23(20)11-5-6-12-23/h3-4,7-10,13,16,20H,5-6,11-12,14-15H2,1-2H3,(H,24,26). The first-order valence-electron chi connectivity index (χ1n) is 10.2. The topological polar surface area (TPSA) is 62.6 Å². The van der Waals surface area contributed by atoms with Crippen LogP contribution in [0.15, 0.2) is 47.1 Å². The van der Waals surface area contributed by atoms with Gasteiger partial charge in [-0.15, -0.1) is 0 Å². The van der Waals surface area contributed by atoms with E-state index in [2.05, 4.69) is 19.2 Å². The third-order valence-electron chi connectivity index (χ3n) is 6.13. The Balaban J connectivity index is 1.80. The van der Waals surface area contributed by atoms with E-state index in [-0.39, 0.29) is 17.7 Å². The second-order valence-corrected chi connectivity index (χ2v) is 8.44. The van der Waals surface area contributed by atoms with Crippen LogP contribution in [0.5, 0.6) is 0 Å². The van der Waals surface area contributed by atoms with Gasteiger partial charge in [-0.2, -0.15) is 0 Å². The Morgan fingerprint density at radius 2 is 1.96 bits per heavy atom. The van der Waals surface area contributed by atoms with Crippen LogP contribution < -0.4 is 5.32 Å². The molecule has 1 unspecified atom stereocenters. The molecule has 1 N–H and O–H groups in total. The van der Waals surface area contributed by atoms with Gasteiger partial charge in [0.2, 0.25) is 5.91 Å². The molecule has 1 aromatic carbocycles. The summed E-state index contributed by atoms with van der Waals surface area (Å²) in [7, 11) is 0. The molecule has 1 aliphatic carbocycles. The number of hydrogen-bond acceptors (Lipinski definition) is 3. The zero-order valence-electron chi connectivity index (χ0n) is 16.6. The average molecular weight is 380 g/mol. The predicted octanol–water partition coefficient (Wildman–Crippen LogP) is 4.10. The highest BCUT2D eigenvalue weighted by atomic mass is 16.3. The maximum absolute atomic E-state index is 13.5. The fourth-order valence-corrected chi connectivity index (χ4v) is 4.86. The van der Waals surface area contributed by atoms with Crippen LogP contribution in [-0.2, 0) is 11.3 Å². The maximum atomic E-state index is 13.5. The van der Waals surface area contributed by atoms with Gasteiger partial charge in [-0.25, -0.2) is 0 Å². The first kappa shape index (κ1) is 18.8. The van der Waals surface area contributed by atoms with Crippen LogP contribution in [-0.4, -0.2) is 28.8 Å². The third-order valence-corrected chi connectivity index (χ3v) is 6.13. The number of benzene rings is 1. The van der Waals surface area contributed by atoms with Crippen LogP contribution in [0.2, 0.25) is 0 Å². The lowest BCUT2D eigenvalue weighted by molar-refractivity contribution is -0.126. The molecule has 28 heavy (non-hydrogen) atoms. The van der Waals surface area contributed by atoms with E-state index in [0.29, 0.717) is 24.6 Å². The summed E-state index contributed by atoms with van der Waals surface area (Å²) in [4.78, 5) is 28.8.